The van der Waals surface area contributed by atoms with Crippen LogP contribution in [0.25, 0.3) is 0 Å². The van der Waals surface area contributed by atoms with Crippen LogP contribution in [-0.2, 0) is 9.53 Å². The lowest BCUT2D eigenvalue weighted by Crippen LogP contribution is -2.90. The molecule has 0 aromatic heterocycles. The average Bonchev–Trinajstić information content (AvgIpc) is 3.14. The monoisotopic (exact) mass is 344 g/mol. The van der Waals surface area contributed by atoms with Crippen LogP contribution in [0.3, 0.4) is 0 Å². The van der Waals surface area contributed by atoms with E-state index in [0.717, 1.165) is 5.56 Å². The van der Waals surface area contributed by atoms with E-state index in [1.165, 1.54) is 25.7 Å². The van der Waals surface area contributed by atoms with Gasteiger partial charge in [0.15, 0.2) is 0 Å². The second-order valence-electron chi connectivity index (χ2n) is 6.54. The third-order valence-corrected chi connectivity index (χ3v) is 4.84. The van der Waals surface area contributed by atoms with Gasteiger partial charge in [-0.1, -0.05) is 30.3 Å². The van der Waals surface area contributed by atoms with Crippen molar-refractivity contribution in [1.29, 1.82) is 0 Å². The Labute approximate surface area is 148 Å². The number of quaternary nitrogens is 1. The molecule has 6 heteroatoms. The number of urea groups is 1. The lowest BCUT2D eigenvalue weighted by Gasteiger charge is -2.29. The first kappa shape index (κ1) is 17.5. The van der Waals surface area contributed by atoms with E-state index in [1.54, 1.807) is 6.92 Å². The van der Waals surface area contributed by atoms with Gasteiger partial charge in [0.05, 0.1) is 30.0 Å². The summed E-state index contributed by atoms with van der Waals surface area (Å²) in [7, 11) is 0. The molecule has 0 bridgehead atoms. The molecule has 1 fully saturated rings. The first-order valence-electron chi connectivity index (χ1n) is 9.05. The highest BCUT2D eigenvalue weighted by molar-refractivity contribution is 5.95. The average molecular weight is 344 g/mol. The molecule has 4 N–H and O–H groups in total. The lowest BCUT2D eigenvalue weighted by atomic mass is 9.95. The minimum Gasteiger partial charge on any atom is -0.463 e. The van der Waals surface area contributed by atoms with Crippen LogP contribution < -0.4 is 16.0 Å². The molecule has 6 nitrogen and oxygen atoms in total. The molecule has 1 aliphatic carbocycles. The number of nitrogens with two attached hydrogens (primary N) is 1. The molecule has 134 valence electrons. The van der Waals surface area contributed by atoms with Crippen molar-refractivity contribution in [3.05, 3.63) is 47.2 Å². The van der Waals surface area contributed by atoms with Crippen molar-refractivity contribution in [2.45, 2.75) is 44.7 Å². The first-order chi connectivity index (χ1) is 12.2. The van der Waals surface area contributed by atoms with Crippen molar-refractivity contribution in [3.63, 3.8) is 0 Å². The van der Waals surface area contributed by atoms with E-state index in [-0.39, 0.29) is 12.0 Å². The fraction of sp³-hybridized carbons (Fsp3) is 0.474. The van der Waals surface area contributed by atoms with Crippen LogP contribution in [0.4, 0.5) is 4.79 Å². The van der Waals surface area contributed by atoms with Crippen LogP contribution in [0.5, 0.6) is 0 Å². The molecule has 0 spiro atoms. The number of benzene rings is 1. The van der Waals surface area contributed by atoms with Crippen LogP contribution in [0, 0.1) is 0 Å². The fourth-order valence-corrected chi connectivity index (χ4v) is 3.60. The molecule has 1 aromatic rings. The van der Waals surface area contributed by atoms with Gasteiger partial charge in [0.2, 0.25) is 0 Å². The van der Waals surface area contributed by atoms with Crippen molar-refractivity contribution < 1.29 is 19.6 Å². The molecule has 1 atom stereocenters. The van der Waals surface area contributed by atoms with Crippen molar-refractivity contribution >= 4 is 12.0 Å². The van der Waals surface area contributed by atoms with Gasteiger partial charge in [0.1, 0.15) is 6.54 Å². The van der Waals surface area contributed by atoms with E-state index in [0.29, 0.717) is 30.5 Å². The Morgan fingerprint density at radius 3 is 2.64 bits per heavy atom. The summed E-state index contributed by atoms with van der Waals surface area (Å²) < 4.78 is 5.27. The Hall–Kier alpha value is -2.34. The second kappa shape index (κ2) is 8.16. The van der Waals surface area contributed by atoms with Crippen molar-refractivity contribution in [2.75, 3.05) is 13.2 Å². The van der Waals surface area contributed by atoms with Crippen LogP contribution in [-0.4, -0.2) is 31.2 Å². The van der Waals surface area contributed by atoms with Crippen molar-refractivity contribution in [1.82, 2.24) is 10.6 Å². The zero-order chi connectivity index (χ0) is 17.6. The van der Waals surface area contributed by atoms with E-state index < -0.39 is 6.04 Å². The minimum absolute atomic E-state index is 0.281. The Morgan fingerprint density at radius 1 is 1.24 bits per heavy atom. The zero-order valence-electron chi connectivity index (χ0n) is 14.6. The van der Waals surface area contributed by atoms with Gasteiger partial charge >= 0.3 is 12.0 Å². The van der Waals surface area contributed by atoms with Gasteiger partial charge in [0.25, 0.3) is 0 Å². The zero-order valence-corrected chi connectivity index (χ0v) is 14.6. The SMILES string of the molecule is CCOC(=O)C1=C(C[NH2+]C2CCCC2)NC(=O)N[C@@H]1c1ccccc1. The number of carbonyl (C=O) groups excluding carboxylic acids is 2. The highest BCUT2D eigenvalue weighted by Crippen LogP contribution is 2.27. The normalized spacial score (nSPS) is 21.0. The summed E-state index contributed by atoms with van der Waals surface area (Å²) in [6.45, 7) is 2.67. The standard InChI is InChI=1S/C19H25N3O3/c1-2-25-18(23)16-15(12-20-14-10-6-7-11-14)21-19(24)22-17(16)13-8-4-3-5-9-13/h3-5,8-9,14,17,20H,2,6-7,10-12H2,1H3,(H2,21,22,24)/p+1/t17-/m1/s1. The third-order valence-electron chi connectivity index (χ3n) is 4.84. The summed E-state index contributed by atoms with van der Waals surface area (Å²) in [6.07, 6.45) is 4.89. The molecule has 0 unspecified atom stereocenters. The molecule has 3 rings (SSSR count). The maximum absolute atomic E-state index is 12.6. The van der Waals surface area contributed by atoms with E-state index in [2.05, 4.69) is 16.0 Å². The van der Waals surface area contributed by atoms with Gasteiger partial charge in [0, 0.05) is 0 Å². The number of hydrogen-bond donors (Lipinski definition) is 3. The highest BCUT2D eigenvalue weighted by atomic mass is 16.5. The molecule has 2 amide bonds. The summed E-state index contributed by atoms with van der Waals surface area (Å²) in [4.78, 5) is 24.8. The first-order valence-corrected chi connectivity index (χ1v) is 9.05. The van der Waals surface area contributed by atoms with Gasteiger partial charge < -0.3 is 20.7 Å². The topological polar surface area (TPSA) is 84.0 Å². The maximum Gasteiger partial charge on any atom is 0.338 e. The summed E-state index contributed by atoms with van der Waals surface area (Å²) >= 11 is 0. The molecular formula is C19H26N3O3+. The van der Waals surface area contributed by atoms with E-state index in [9.17, 15) is 9.59 Å². The van der Waals surface area contributed by atoms with Crippen LogP contribution in [0.15, 0.2) is 41.6 Å². The van der Waals surface area contributed by atoms with Crippen LogP contribution in [0.1, 0.15) is 44.2 Å². The molecule has 2 aliphatic rings. The number of esters is 1. The smallest absolute Gasteiger partial charge is 0.338 e. The van der Waals surface area contributed by atoms with Crippen LogP contribution >= 0.6 is 0 Å². The van der Waals surface area contributed by atoms with E-state index in [1.807, 2.05) is 30.3 Å². The predicted octanol–water partition coefficient (Wildman–Crippen LogP) is 1.36. The predicted molar refractivity (Wildman–Crippen MR) is 93.6 cm³/mol. The maximum atomic E-state index is 12.6. The third kappa shape index (κ3) is 4.20. The number of nitrogens with one attached hydrogen (secondary N) is 2. The molecule has 0 saturated heterocycles. The van der Waals surface area contributed by atoms with Crippen molar-refractivity contribution in [3.8, 4) is 0 Å². The van der Waals surface area contributed by atoms with Gasteiger partial charge in [-0.15, -0.1) is 0 Å². The van der Waals surface area contributed by atoms with Crippen molar-refractivity contribution in [2.24, 2.45) is 0 Å². The second-order valence-corrected chi connectivity index (χ2v) is 6.54. The highest BCUT2D eigenvalue weighted by Gasteiger charge is 2.34. The molecule has 25 heavy (non-hydrogen) atoms. The minimum atomic E-state index is -0.485. The van der Waals surface area contributed by atoms with E-state index >= 15 is 0 Å². The quantitative estimate of drug-likeness (QED) is 0.682. The number of carbonyl (C=O) groups is 2. The van der Waals surface area contributed by atoms with Gasteiger partial charge in [-0.05, 0) is 38.2 Å². The number of amides is 2. The number of ether oxygens (including phenoxy) is 1. The fourth-order valence-electron chi connectivity index (χ4n) is 3.60. The molecule has 1 aromatic carbocycles. The molecular weight excluding hydrogens is 318 g/mol. The summed E-state index contributed by atoms with van der Waals surface area (Å²) in [6, 6.07) is 9.33. The number of rotatable bonds is 6. The van der Waals surface area contributed by atoms with Gasteiger partial charge in [-0.2, -0.15) is 0 Å². The number of hydrogen-bond acceptors (Lipinski definition) is 3. The summed E-state index contributed by atoms with van der Waals surface area (Å²) in [5.74, 6) is -0.376. The summed E-state index contributed by atoms with van der Waals surface area (Å²) in [5.41, 5.74) is 2.03. The largest absolute Gasteiger partial charge is 0.463 e. The van der Waals surface area contributed by atoms with Gasteiger partial charge in [-0.25, -0.2) is 9.59 Å². The lowest BCUT2D eigenvalue weighted by molar-refractivity contribution is -0.681. The summed E-state index contributed by atoms with van der Waals surface area (Å²) in [5, 5.41) is 7.92. The Bertz CT molecular complexity index is 651. The van der Waals surface area contributed by atoms with Gasteiger partial charge in [-0.3, -0.25) is 0 Å². The molecule has 1 heterocycles. The Balaban J connectivity index is 1.90. The molecule has 1 aliphatic heterocycles. The van der Waals surface area contributed by atoms with Crippen LogP contribution in [0.2, 0.25) is 0 Å². The Morgan fingerprint density at radius 2 is 1.96 bits per heavy atom. The van der Waals surface area contributed by atoms with E-state index in [4.69, 9.17) is 4.74 Å². The molecule has 0 radical (unpaired) electrons. The molecule has 1 saturated carbocycles. The Kier molecular flexibility index (Phi) is 5.71.